The highest BCUT2D eigenvalue weighted by atomic mass is 32.1. The number of nitrogens with zero attached hydrogens (tertiary/aromatic N) is 2. The monoisotopic (exact) mass is 410 g/mol. The van der Waals surface area contributed by atoms with Crippen molar-refractivity contribution in [2.24, 2.45) is 5.73 Å². The molecule has 1 amide bonds. The van der Waals surface area contributed by atoms with Crippen LogP contribution in [-0.2, 0) is 14.3 Å². The lowest BCUT2D eigenvalue weighted by atomic mass is 10.1. The molecule has 0 spiro atoms. The Bertz CT molecular complexity index is 1080. The normalized spacial score (nSPS) is 11.3. The number of nitrogens with one attached hydrogen (secondary N) is 1. The highest BCUT2D eigenvalue weighted by Crippen LogP contribution is 2.21. The number of benzene rings is 1. The largest absolute Gasteiger partial charge is 0.460 e. The summed E-state index contributed by atoms with van der Waals surface area (Å²) < 4.78 is 7.01. The highest BCUT2D eigenvalue weighted by molar-refractivity contribution is 7.80. The Hall–Kier alpha value is -3.26. The van der Waals surface area contributed by atoms with Gasteiger partial charge in [0, 0.05) is 35.3 Å². The number of carbonyl (C=O) groups is 2. The third-order valence-electron chi connectivity index (χ3n) is 3.93. The number of thiocarbonyl (C=S) groups is 1. The van der Waals surface area contributed by atoms with Crippen molar-refractivity contribution >= 4 is 40.4 Å². The molecular formula is C21H22N4O3S. The molecule has 2 aromatic heterocycles. The predicted molar refractivity (Wildman–Crippen MR) is 116 cm³/mol. The third-order valence-corrected chi connectivity index (χ3v) is 4.17. The number of aromatic nitrogens is 2. The Labute approximate surface area is 173 Å². The van der Waals surface area contributed by atoms with Crippen molar-refractivity contribution in [2.45, 2.75) is 32.8 Å². The van der Waals surface area contributed by atoms with Crippen LogP contribution in [0.3, 0.4) is 0 Å². The molecular weight excluding hydrogens is 388 g/mol. The number of hydrogen-bond acceptors (Lipinski definition) is 5. The Kier molecular flexibility index (Phi) is 5.65. The summed E-state index contributed by atoms with van der Waals surface area (Å²) in [7, 11) is 0. The van der Waals surface area contributed by atoms with Crippen molar-refractivity contribution in [3.05, 3.63) is 54.4 Å². The average Bonchev–Trinajstić information content (AvgIpc) is 3.03. The van der Waals surface area contributed by atoms with Crippen molar-refractivity contribution in [1.82, 2.24) is 9.38 Å². The zero-order valence-electron chi connectivity index (χ0n) is 16.4. The molecule has 29 heavy (non-hydrogen) atoms. The van der Waals surface area contributed by atoms with Gasteiger partial charge in [-0.1, -0.05) is 36.5 Å². The van der Waals surface area contributed by atoms with Gasteiger partial charge < -0.3 is 20.2 Å². The Morgan fingerprint density at radius 2 is 1.90 bits per heavy atom. The number of imidazole rings is 1. The van der Waals surface area contributed by atoms with Crippen molar-refractivity contribution < 1.29 is 14.3 Å². The number of fused-ring (bicyclic) bond motifs is 1. The van der Waals surface area contributed by atoms with E-state index in [0.717, 1.165) is 16.8 Å². The molecule has 0 atom stereocenters. The first-order valence-corrected chi connectivity index (χ1v) is 9.42. The van der Waals surface area contributed by atoms with E-state index >= 15 is 0 Å². The van der Waals surface area contributed by atoms with E-state index in [1.165, 1.54) is 0 Å². The van der Waals surface area contributed by atoms with Crippen molar-refractivity contribution in [3.63, 3.8) is 0 Å². The van der Waals surface area contributed by atoms with Gasteiger partial charge in [0.15, 0.2) is 0 Å². The molecule has 0 aliphatic carbocycles. The molecule has 7 nitrogen and oxygen atoms in total. The van der Waals surface area contributed by atoms with Crippen LogP contribution in [-0.4, -0.2) is 31.9 Å². The number of amides is 1. The fourth-order valence-electron chi connectivity index (χ4n) is 2.72. The predicted octanol–water partition coefficient (Wildman–Crippen LogP) is 3.31. The molecule has 0 fully saturated rings. The van der Waals surface area contributed by atoms with Gasteiger partial charge >= 0.3 is 5.97 Å². The second-order valence-corrected chi connectivity index (χ2v) is 8.00. The fourth-order valence-corrected chi connectivity index (χ4v) is 2.85. The first-order chi connectivity index (χ1) is 13.6. The number of anilines is 1. The average molecular weight is 410 g/mol. The van der Waals surface area contributed by atoms with Crippen LogP contribution < -0.4 is 11.1 Å². The Morgan fingerprint density at radius 1 is 1.21 bits per heavy atom. The van der Waals surface area contributed by atoms with Gasteiger partial charge in [-0.25, -0.2) is 4.98 Å². The van der Waals surface area contributed by atoms with Crippen LogP contribution in [0.2, 0.25) is 0 Å². The minimum atomic E-state index is -0.629. The molecule has 3 rings (SSSR count). The van der Waals surface area contributed by atoms with E-state index in [1.807, 2.05) is 34.9 Å². The lowest BCUT2D eigenvalue weighted by Crippen LogP contribution is -2.27. The Morgan fingerprint density at radius 3 is 2.52 bits per heavy atom. The van der Waals surface area contributed by atoms with Crippen molar-refractivity contribution in [2.75, 3.05) is 5.32 Å². The molecule has 0 aliphatic rings. The molecule has 3 N–H and O–H groups in total. The number of carbonyl (C=O) groups excluding carboxylic acids is 2. The van der Waals surface area contributed by atoms with E-state index in [9.17, 15) is 9.59 Å². The minimum Gasteiger partial charge on any atom is -0.460 e. The number of pyridine rings is 1. The maximum atomic E-state index is 12.1. The number of rotatable bonds is 5. The molecule has 0 unspecified atom stereocenters. The minimum absolute atomic E-state index is 0.346. The molecule has 1 aromatic carbocycles. The molecule has 3 aromatic rings. The van der Waals surface area contributed by atoms with E-state index in [-0.39, 0.29) is 6.42 Å². The van der Waals surface area contributed by atoms with Gasteiger partial charge in [0.1, 0.15) is 22.7 Å². The summed E-state index contributed by atoms with van der Waals surface area (Å²) in [5.41, 5.74) is 8.70. The summed E-state index contributed by atoms with van der Waals surface area (Å²) in [6.45, 7) is 5.26. The fraction of sp³-hybridized carbons (Fsp3) is 0.238. The molecule has 8 heteroatoms. The lowest BCUT2D eigenvalue weighted by Gasteiger charge is -2.19. The maximum Gasteiger partial charge on any atom is 0.315 e. The van der Waals surface area contributed by atoms with E-state index in [4.69, 9.17) is 22.7 Å². The van der Waals surface area contributed by atoms with Crippen molar-refractivity contribution in [3.8, 4) is 11.3 Å². The molecule has 150 valence electrons. The van der Waals surface area contributed by atoms with Gasteiger partial charge in [0.05, 0.1) is 5.69 Å². The van der Waals surface area contributed by atoms with Gasteiger partial charge in [-0.05, 0) is 26.8 Å². The summed E-state index contributed by atoms with van der Waals surface area (Å²) in [6, 6.07) is 11.0. The smallest absolute Gasteiger partial charge is 0.315 e. The van der Waals surface area contributed by atoms with Crippen LogP contribution in [0.15, 0.2) is 48.8 Å². The van der Waals surface area contributed by atoms with Gasteiger partial charge in [0.2, 0.25) is 5.91 Å². The summed E-state index contributed by atoms with van der Waals surface area (Å²) in [5.74, 6) is -1.01. The summed E-state index contributed by atoms with van der Waals surface area (Å²) >= 11 is 4.97. The molecule has 2 heterocycles. The zero-order valence-corrected chi connectivity index (χ0v) is 17.2. The summed E-state index contributed by atoms with van der Waals surface area (Å²) in [5, 5.41) is 2.70. The molecule has 0 radical (unpaired) electrons. The second kappa shape index (κ2) is 8.00. The van der Waals surface area contributed by atoms with Crippen LogP contribution >= 0.6 is 12.2 Å². The summed E-state index contributed by atoms with van der Waals surface area (Å²) in [6.07, 6.45) is 3.33. The molecule has 0 aliphatic heterocycles. The van der Waals surface area contributed by atoms with E-state index in [0.29, 0.717) is 16.3 Å². The number of esters is 1. The molecule has 0 bridgehead atoms. The number of ether oxygens (including phenoxy) is 1. The quantitative estimate of drug-likeness (QED) is 0.380. The van der Waals surface area contributed by atoms with Crippen LogP contribution in [0.1, 0.15) is 32.8 Å². The SMILES string of the molecule is CC(C)(C)OC(=O)CC(=O)Nc1ccn2cc(-c3ccc(C(N)=S)cc3)nc2c1. The van der Waals surface area contributed by atoms with Crippen LogP contribution in [0.4, 0.5) is 5.69 Å². The first-order valence-electron chi connectivity index (χ1n) is 9.01. The highest BCUT2D eigenvalue weighted by Gasteiger charge is 2.19. The second-order valence-electron chi connectivity index (χ2n) is 7.56. The van der Waals surface area contributed by atoms with Crippen LogP contribution in [0.25, 0.3) is 16.9 Å². The Balaban J connectivity index is 1.73. The topological polar surface area (TPSA) is 98.7 Å². The number of nitrogens with two attached hydrogens (primary N) is 1. The molecule has 0 saturated carbocycles. The van der Waals surface area contributed by atoms with Gasteiger partial charge in [-0.15, -0.1) is 0 Å². The third kappa shape index (κ3) is 5.39. The lowest BCUT2D eigenvalue weighted by molar-refractivity contribution is -0.155. The van der Waals surface area contributed by atoms with Gasteiger partial charge in [-0.2, -0.15) is 0 Å². The number of hydrogen-bond donors (Lipinski definition) is 2. The van der Waals surface area contributed by atoms with Crippen LogP contribution in [0, 0.1) is 0 Å². The van der Waals surface area contributed by atoms with E-state index in [1.54, 1.807) is 39.1 Å². The zero-order chi connectivity index (χ0) is 21.2. The first kappa shape index (κ1) is 20.5. The van der Waals surface area contributed by atoms with Crippen LogP contribution in [0.5, 0.6) is 0 Å². The molecule has 0 saturated heterocycles. The van der Waals surface area contributed by atoms with E-state index < -0.39 is 17.5 Å². The summed E-state index contributed by atoms with van der Waals surface area (Å²) in [4.78, 5) is 28.8. The van der Waals surface area contributed by atoms with Gasteiger partial charge in [0.25, 0.3) is 0 Å². The van der Waals surface area contributed by atoms with Crippen molar-refractivity contribution in [1.29, 1.82) is 0 Å². The van der Waals surface area contributed by atoms with E-state index in [2.05, 4.69) is 10.3 Å². The van der Waals surface area contributed by atoms with Gasteiger partial charge in [-0.3, -0.25) is 9.59 Å². The standard InChI is InChI=1S/C21H22N4O3S/c1-21(2,3)28-19(27)11-18(26)23-15-8-9-25-12-16(24-17(25)10-15)13-4-6-14(7-5-13)20(22)29/h4-10,12H,11H2,1-3H3,(H2,22,29)(H,23,26). The maximum absolute atomic E-state index is 12.1.